The molecular weight excluding hydrogens is 208 g/mol. The topological polar surface area (TPSA) is 52.0 Å². The number of anilines is 1. The van der Waals surface area contributed by atoms with Gasteiger partial charge in [0.15, 0.2) is 0 Å². The summed E-state index contributed by atoms with van der Waals surface area (Å²) in [5.74, 6) is 0.578. The smallest absolute Gasteiger partial charge is 0.0314 e. The molecule has 1 aliphatic carbocycles. The molecule has 1 atom stereocenters. The number of nitrogens with two attached hydrogens (primary N) is 2. The highest BCUT2D eigenvalue weighted by atomic mass is 14.6. The van der Waals surface area contributed by atoms with E-state index in [1.165, 1.54) is 11.1 Å². The molecule has 0 saturated carbocycles. The number of hydrogen-bond donors (Lipinski definition) is 2. The van der Waals surface area contributed by atoms with Gasteiger partial charge in [-0.15, -0.1) is 0 Å². The Hall–Kier alpha value is -1.70. The van der Waals surface area contributed by atoms with E-state index in [1.54, 1.807) is 0 Å². The van der Waals surface area contributed by atoms with E-state index in [0.29, 0.717) is 5.92 Å². The normalized spacial score (nSPS) is 19.7. The fourth-order valence-electron chi connectivity index (χ4n) is 2.23. The van der Waals surface area contributed by atoms with Crippen molar-refractivity contribution in [3.8, 4) is 0 Å². The van der Waals surface area contributed by atoms with E-state index < -0.39 is 0 Å². The van der Waals surface area contributed by atoms with Gasteiger partial charge in [0.1, 0.15) is 0 Å². The van der Waals surface area contributed by atoms with Crippen LogP contribution in [-0.4, -0.2) is 0 Å². The van der Waals surface area contributed by atoms with Crippen LogP contribution in [-0.2, 0) is 6.42 Å². The lowest BCUT2D eigenvalue weighted by Gasteiger charge is -2.19. The molecule has 2 nitrogen and oxygen atoms in total. The maximum absolute atomic E-state index is 5.81. The second kappa shape index (κ2) is 5.09. The van der Waals surface area contributed by atoms with Gasteiger partial charge in [-0.1, -0.05) is 30.7 Å². The molecule has 1 unspecified atom stereocenters. The fourth-order valence-corrected chi connectivity index (χ4v) is 2.23. The Morgan fingerprint density at radius 2 is 1.76 bits per heavy atom. The molecule has 2 heteroatoms. The molecular formula is C15H20N2. The highest BCUT2D eigenvalue weighted by Gasteiger charge is 2.12. The zero-order valence-electron chi connectivity index (χ0n) is 10.3. The first-order chi connectivity index (χ1) is 8.15. The monoisotopic (exact) mass is 228 g/mol. The summed E-state index contributed by atoms with van der Waals surface area (Å²) in [5, 5.41) is 0. The van der Waals surface area contributed by atoms with Crippen LogP contribution in [0.1, 0.15) is 25.3 Å². The molecule has 0 bridgehead atoms. The van der Waals surface area contributed by atoms with E-state index in [4.69, 9.17) is 11.5 Å². The molecule has 0 amide bonds. The number of benzene rings is 1. The molecule has 4 N–H and O–H groups in total. The lowest BCUT2D eigenvalue weighted by molar-refractivity contribution is 0.623. The molecule has 0 spiro atoms. The van der Waals surface area contributed by atoms with Gasteiger partial charge in [0.05, 0.1) is 0 Å². The van der Waals surface area contributed by atoms with Gasteiger partial charge in [-0.3, -0.25) is 0 Å². The third kappa shape index (κ3) is 3.13. The van der Waals surface area contributed by atoms with E-state index in [-0.39, 0.29) is 0 Å². The van der Waals surface area contributed by atoms with Crippen LogP contribution < -0.4 is 11.5 Å². The molecule has 0 fully saturated rings. The van der Waals surface area contributed by atoms with Gasteiger partial charge in [0.2, 0.25) is 0 Å². The second-order valence-electron chi connectivity index (χ2n) is 4.83. The van der Waals surface area contributed by atoms with Gasteiger partial charge in [-0.25, -0.2) is 0 Å². The van der Waals surface area contributed by atoms with Gasteiger partial charge < -0.3 is 11.5 Å². The summed E-state index contributed by atoms with van der Waals surface area (Å²) in [5.41, 5.74) is 16.1. The summed E-state index contributed by atoms with van der Waals surface area (Å²) >= 11 is 0. The third-order valence-corrected chi connectivity index (χ3v) is 3.37. The largest absolute Gasteiger partial charge is 0.402 e. The number of allylic oxidation sites excluding steroid dienone is 4. The van der Waals surface area contributed by atoms with Crippen LogP contribution >= 0.6 is 0 Å². The molecule has 0 aliphatic heterocycles. The maximum Gasteiger partial charge on any atom is 0.0314 e. The molecule has 0 saturated heterocycles. The summed E-state index contributed by atoms with van der Waals surface area (Å²) in [4.78, 5) is 0. The van der Waals surface area contributed by atoms with Crippen LogP contribution in [0.5, 0.6) is 0 Å². The van der Waals surface area contributed by atoms with Crippen LogP contribution in [0.4, 0.5) is 5.69 Å². The quantitative estimate of drug-likeness (QED) is 0.781. The number of rotatable bonds is 3. The summed E-state index contributed by atoms with van der Waals surface area (Å²) in [7, 11) is 0. The summed E-state index contributed by atoms with van der Waals surface area (Å²) in [6.45, 7) is 2.24. The average molecular weight is 228 g/mol. The predicted molar refractivity (Wildman–Crippen MR) is 73.3 cm³/mol. The van der Waals surface area contributed by atoms with Crippen molar-refractivity contribution in [2.24, 2.45) is 11.7 Å². The van der Waals surface area contributed by atoms with Crippen LogP contribution in [0.2, 0.25) is 0 Å². The standard InChI is InChI=1S/C15H20N2/c1-11-10-15(17)9-6-13(11)5-2-12-3-7-14(16)8-4-12/h3-4,6-9,11H,2,5,10,16-17H2,1H3. The van der Waals surface area contributed by atoms with Crippen molar-refractivity contribution in [2.75, 3.05) is 5.73 Å². The van der Waals surface area contributed by atoms with Crippen molar-refractivity contribution in [3.05, 3.63) is 53.3 Å². The van der Waals surface area contributed by atoms with Crippen molar-refractivity contribution < 1.29 is 0 Å². The average Bonchev–Trinajstić information content (AvgIpc) is 2.30. The summed E-state index contributed by atoms with van der Waals surface area (Å²) in [6.07, 6.45) is 7.39. The molecule has 1 aromatic rings. The van der Waals surface area contributed by atoms with Crippen molar-refractivity contribution in [1.82, 2.24) is 0 Å². The minimum Gasteiger partial charge on any atom is -0.402 e. The molecule has 0 heterocycles. The number of aryl methyl sites for hydroxylation is 1. The van der Waals surface area contributed by atoms with Crippen molar-refractivity contribution in [3.63, 3.8) is 0 Å². The minimum absolute atomic E-state index is 0.578. The Labute approximate surface area is 103 Å². The second-order valence-corrected chi connectivity index (χ2v) is 4.83. The maximum atomic E-state index is 5.81. The van der Waals surface area contributed by atoms with Gasteiger partial charge in [0, 0.05) is 11.4 Å². The van der Waals surface area contributed by atoms with Crippen LogP contribution in [0.3, 0.4) is 0 Å². The van der Waals surface area contributed by atoms with Crippen molar-refractivity contribution in [2.45, 2.75) is 26.2 Å². The molecule has 0 aromatic heterocycles. The SMILES string of the molecule is CC1CC(N)=CC=C1CCc1ccc(N)cc1. The first-order valence-corrected chi connectivity index (χ1v) is 6.14. The van der Waals surface area contributed by atoms with Crippen LogP contribution in [0.25, 0.3) is 0 Å². The highest BCUT2D eigenvalue weighted by molar-refractivity contribution is 5.39. The fraction of sp³-hybridized carbons (Fsp3) is 0.333. The lowest BCUT2D eigenvalue weighted by Crippen LogP contribution is -2.11. The molecule has 2 rings (SSSR count). The Kier molecular flexibility index (Phi) is 3.52. The first kappa shape index (κ1) is 11.8. The third-order valence-electron chi connectivity index (χ3n) is 3.37. The highest BCUT2D eigenvalue weighted by Crippen LogP contribution is 2.26. The Morgan fingerprint density at radius 3 is 2.41 bits per heavy atom. The van der Waals surface area contributed by atoms with Crippen molar-refractivity contribution >= 4 is 5.69 Å². The first-order valence-electron chi connectivity index (χ1n) is 6.14. The van der Waals surface area contributed by atoms with Gasteiger partial charge in [-0.2, -0.15) is 0 Å². The number of hydrogen-bond acceptors (Lipinski definition) is 2. The van der Waals surface area contributed by atoms with Crippen LogP contribution in [0.15, 0.2) is 47.7 Å². The summed E-state index contributed by atoms with van der Waals surface area (Å²) < 4.78 is 0. The van der Waals surface area contributed by atoms with E-state index in [2.05, 4.69) is 25.1 Å². The Balaban J connectivity index is 1.96. The van der Waals surface area contributed by atoms with Gasteiger partial charge in [0.25, 0.3) is 0 Å². The Bertz CT molecular complexity index is 440. The van der Waals surface area contributed by atoms with Crippen LogP contribution in [0, 0.1) is 5.92 Å². The molecule has 90 valence electrons. The lowest BCUT2D eigenvalue weighted by atomic mass is 9.88. The minimum atomic E-state index is 0.578. The number of nitrogen functional groups attached to an aromatic ring is 1. The van der Waals surface area contributed by atoms with E-state index in [1.807, 2.05) is 18.2 Å². The van der Waals surface area contributed by atoms with Gasteiger partial charge in [-0.05, 0) is 49.0 Å². The molecule has 17 heavy (non-hydrogen) atoms. The zero-order valence-corrected chi connectivity index (χ0v) is 10.3. The van der Waals surface area contributed by atoms with Crippen molar-refractivity contribution in [1.29, 1.82) is 0 Å². The van der Waals surface area contributed by atoms with Gasteiger partial charge >= 0.3 is 0 Å². The predicted octanol–water partition coefficient (Wildman–Crippen LogP) is 3.01. The molecule has 1 aromatic carbocycles. The molecule has 0 radical (unpaired) electrons. The summed E-state index contributed by atoms with van der Waals surface area (Å²) in [6, 6.07) is 8.14. The Morgan fingerprint density at radius 1 is 1.06 bits per heavy atom. The zero-order chi connectivity index (χ0) is 12.3. The van der Waals surface area contributed by atoms with E-state index >= 15 is 0 Å². The molecule has 1 aliphatic rings. The van der Waals surface area contributed by atoms with E-state index in [9.17, 15) is 0 Å². The van der Waals surface area contributed by atoms with E-state index in [0.717, 1.165) is 30.6 Å².